The molecule has 0 fully saturated rings. The van der Waals surface area contributed by atoms with Gasteiger partial charge in [-0.3, -0.25) is 20.4 Å². The maximum absolute atomic E-state index is 12.7. The number of nitrogens with one attached hydrogen (secondary N) is 2. The van der Waals surface area contributed by atoms with Gasteiger partial charge in [0.05, 0.1) is 33.5 Å². The molecule has 0 spiro atoms. The molecule has 0 saturated carbocycles. The van der Waals surface area contributed by atoms with E-state index >= 15 is 0 Å². The maximum Gasteiger partial charge on any atom is 0.305 e. The van der Waals surface area contributed by atoms with Crippen LogP contribution in [-0.2, 0) is 0 Å². The van der Waals surface area contributed by atoms with Crippen LogP contribution < -0.4 is 10.9 Å². The van der Waals surface area contributed by atoms with E-state index < -0.39 is 11.8 Å². The highest BCUT2D eigenvalue weighted by Crippen LogP contribution is 2.30. The number of hydrogen-bond donors (Lipinski definition) is 2. The van der Waals surface area contributed by atoms with Gasteiger partial charge < -0.3 is 8.94 Å². The van der Waals surface area contributed by atoms with Crippen LogP contribution in [0.3, 0.4) is 0 Å². The number of nitrogens with zero attached hydrogens (tertiary/aromatic N) is 2. The second-order valence-electron chi connectivity index (χ2n) is 5.80. The first-order chi connectivity index (χ1) is 13.0. The number of thiophene rings is 1. The van der Waals surface area contributed by atoms with Crippen LogP contribution in [-0.4, -0.2) is 22.0 Å². The highest BCUT2D eigenvalue weighted by Gasteiger charge is 2.20. The topological polar surface area (TPSA) is 110 Å². The molecule has 2 amide bonds. The number of furan rings is 1. The van der Waals surface area contributed by atoms with Crippen LogP contribution in [0.1, 0.15) is 31.5 Å². The van der Waals surface area contributed by atoms with E-state index in [0.717, 1.165) is 9.75 Å². The molecule has 0 atom stereocenters. The highest BCUT2D eigenvalue weighted by molar-refractivity contribution is 7.15. The fourth-order valence-electron chi connectivity index (χ4n) is 2.62. The van der Waals surface area contributed by atoms with Gasteiger partial charge in [-0.15, -0.1) is 11.3 Å². The number of pyridine rings is 1. The van der Waals surface area contributed by atoms with E-state index in [0.29, 0.717) is 22.3 Å². The monoisotopic (exact) mass is 382 g/mol. The van der Waals surface area contributed by atoms with E-state index in [1.54, 1.807) is 30.4 Å². The summed E-state index contributed by atoms with van der Waals surface area (Å²) < 4.78 is 10.2. The minimum absolute atomic E-state index is 0.0890. The van der Waals surface area contributed by atoms with Gasteiger partial charge in [0.1, 0.15) is 0 Å². The lowest BCUT2D eigenvalue weighted by Crippen LogP contribution is -2.41. The second-order valence-corrected chi connectivity index (χ2v) is 7.09. The highest BCUT2D eigenvalue weighted by atomic mass is 32.1. The van der Waals surface area contributed by atoms with E-state index in [2.05, 4.69) is 21.0 Å². The van der Waals surface area contributed by atoms with E-state index in [-0.39, 0.29) is 11.5 Å². The lowest BCUT2D eigenvalue weighted by atomic mass is 10.1. The summed E-state index contributed by atoms with van der Waals surface area (Å²) in [5.41, 5.74) is 6.41. The van der Waals surface area contributed by atoms with Crippen molar-refractivity contribution in [2.75, 3.05) is 0 Å². The number of hydrogen-bond acceptors (Lipinski definition) is 7. The molecule has 9 heteroatoms. The summed E-state index contributed by atoms with van der Waals surface area (Å²) in [6.45, 7) is 3.71. The molecule has 4 aromatic heterocycles. The zero-order valence-electron chi connectivity index (χ0n) is 14.4. The number of rotatable bonds is 3. The number of hydrazine groups is 1. The lowest BCUT2D eigenvalue weighted by molar-refractivity contribution is 0.0831. The molecule has 0 radical (unpaired) electrons. The molecule has 0 aliphatic carbocycles. The standard InChI is InChI=1S/C18H14N4O4S/c1-9-5-6-14(27-9)12-8-11(15-10(2)22-26-18(15)19-12)16(23)20-21-17(24)13-4-3-7-25-13/h3-8H,1-2H3,(H,20,23)(H,21,24). The van der Waals surface area contributed by atoms with Crippen molar-refractivity contribution in [3.8, 4) is 10.6 Å². The summed E-state index contributed by atoms with van der Waals surface area (Å²) in [5, 5.41) is 4.40. The van der Waals surface area contributed by atoms with Crippen LogP contribution in [0.2, 0.25) is 0 Å². The minimum atomic E-state index is -0.560. The van der Waals surface area contributed by atoms with Gasteiger partial charge in [-0.05, 0) is 44.2 Å². The lowest BCUT2D eigenvalue weighted by Gasteiger charge is -2.08. The number of fused-ring (bicyclic) bond motifs is 1. The predicted octanol–water partition coefficient (Wildman–Crippen LogP) is 3.24. The molecule has 4 rings (SSSR count). The van der Waals surface area contributed by atoms with Crippen LogP contribution >= 0.6 is 11.3 Å². The smallest absolute Gasteiger partial charge is 0.305 e. The Morgan fingerprint density at radius 1 is 1.11 bits per heavy atom. The number of aryl methyl sites for hydroxylation is 2. The molecule has 4 heterocycles. The summed E-state index contributed by atoms with van der Waals surface area (Å²) in [5.74, 6) is -0.982. The Balaban J connectivity index is 1.67. The molecule has 0 saturated heterocycles. The Kier molecular flexibility index (Phi) is 4.21. The minimum Gasteiger partial charge on any atom is -0.459 e. The number of aromatic nitrogens is 2. The predicted molar refractivity (Wildman–Crippen MR) is 98.2 cm³/mol. The van der Waals surface area contributed by atoms with Gasteiger partial charge in [-0.25, -0.2) is 4.98 Å². The second kappa shape index (κ2) is 6.69. The first-order valence-electron chi connectivity index (χ1n) is 8.01. The van der Waals surface area contributed by atoms with E-state index in [1.165, 1.54) is 12.3 Å². The summed E-state index contributed by atoms with van der Waals surface area (Å²) in [6.07, 6.45) is 1.37. The number of amides is 2. The van der Waals surface area contributed by atoms with Gasteiger partial charge in [0.2, 0.25) is 0 Å². The summed E-state index contributed by atoms with van der Waals surface area (Å²) in [7, 11) is 0. The SMILES string of the molecule is Cc1ccc(-c2cc(C(=O)NNC(=O)c3ccco3)c3c(C)noc3n2)s1. The van der Waals surface area contributed by atoms with E-state index in [1.807, 2.05) is 19.1 Å². The Labute approximate surface area is 157 Å². The van der Waals surface area contributed by atoms with E-state index in [4.69, 9.17) is 8.94 Å². The van der Waals surface area contributed by atoms with Crippen molar-refractivity contribution < 1.29 is 18.5 Å². The molecule has 136 valence electrons. The van der Waals surface area contributed by atoms with Gasteiger partial charge in [0.15, 0.2) is 5.76 Å². The fourth-order valence-corrected chi connectivity index (χ4v) is 3.45. The third-order valence-electron chi connectivity index (χ3n) is 3.89. The van der Waals surface area contributed by atoms with Crippen LogP contribution in [0, 0.1) is 13.8 Å². The third-order valence-corrected chi connectivity index (χ3v) is 4.91. The number of carbonyl (C=O) groups excluding carboxylic acids is 2. The van der Waals surface area contributed by atoms with Crippen molar-refractivity contribution in [1.82, 2.24) is 21.0 Å². The zero-order chi connectivity index (χ0) is 19.0. The normalized spacial score (nSPS) is 10.9. The van der Waals surface area contributed by atoms with Crippen molar-refractivity contribution in [3.05, 3.63) is 58.5 Å². The molecule has 4 aromatic rings. The fraction of sp³-hybridized carbons (Fsp3) is 0.111. The van der Waals surface area contributed by atoms with Crippen LogP contribution in [0.15, 0.2) is 45.5 Å². The van der Waals surface area contributed by atoms with Crippen LogP contribution in [0.4, 0.5) is 0 Å². The first kappa shape index (κ1) is 17.0. The quantitative estimate of drug-likeness (QED) is 0.526. The Morgan fingerprint density at radius 3 is 2.63 bits per heavy atom. The van der Waals surface area contributed by atoms with Crippen molar-refractivity contribution >= 4 is 34.3 Å². The molecule has 0 unspecified atom stereocenters. The molecule has 0 aromatic carbocycles. The molecule has 8 nitrogen and oxygen atoms in total. The average Bonchev–Trinajstić information content (AvgIpc) is 3.40. The van der Waals surface area contributed by atoms with Crippen molar-refractivity contribution in [2.45, 2.75) is 13.8 Å². The van der Waals surface area contributed by atoms with E-state index in [9.17, 15) is 9.59 Å². The third kappa shape index (κ3) is 3.20. The van der Waals surface area contributed by atoms with Crippen LogP contribution in [0.25, 0.3) is 21.7 Å². The summed E-state index contributed by atoms with van der Waals surface area (Å²) in [4.78, 5) is 31.2. The van der Waals surface area contributed by atoms with Gasteiger partial charge in [-0.1, -0.05) is 5.16 Å². The van der Waals surface area contributed by atoms with Gasteiger partial charge >= 0.3 is 5.91 Å². The Bertz CT molecular complexity index is 1140. The average molecular weight is 382 g/mol. The molecule has 2 N–H and O–H groups in total. The van der Waals surface area contributed by atoms with Crippen molar-refractivity contribution in [3.63, 3.8) is 0 Å². The first-order valence-corrected chi connectivity index (χ1v) is 8.82. The zero-order valence-corrected chi connectivity index (χ0v) is 15.2. The van der Waals surface area contributed by atoms with Gasteiger partial charge in [0, 0.05) is 4.88 Å². The van der Waals surface area contributed by atoms with Crippen molar-refractivity contribution in [2.24, 2.45) is 0 Å². The largest absolute Gasteiger partial charge is 0.459 e. The Morgan fingerprint density at radius 2 is 1.93 bits per heavy atom. The molecule has 0 aliphatic rings. The molecule has 27 heavy (non-hydrogen) atoms. The van der Waals surface area contributed by atoms with Crippen molar-refractivity contribution in [1.29, 1.82) is 0 Å². The maximum atomic E-state index is 12.7. The molecule has 0 bridgehead atoms. The molecule has 0 aliphatic heterocycles. The van der Waals surface area contributed by atoms with Gasteiger partial charge in [-0.2, -0.15) is 0 Å². The molecular weight excluding hydrogens is 368 g/mol. The summed E-state index contributed by atoms with van der Waals surface area (Å²) >= 11 is 1.55. The Hall–Kier alpha value is -3.46. The number of carbonyl (C=O) groups is 2. The van der Waals surface area contributed by atoms with Gasteiger partial charge in [0.25, 0.3) is 11.6 Å². The summed E-state index contributed by atoms with van der Waals surface area (Å²) in [6, 6.07) is 8.64. The molecular formula is C18H14N4O4S. The van der Waals surface area contributed by atoms with Crippen LogP contribution in [0.5, 0.6) is 0 Å².